The second-order valence-electron chi connectivity index (χ2n) is 4.45. The predicted molar refractivity (Wildman–Crippen MR) is 52.3 cm³/mol. The van der Waals surface area contributed by atoms with E-state index in [9.17, 15) is 18.0 Å². The van der Waals surface area contributed by atoms with Gasteiger partial charge in [-0.1, -0.05) is 27.4 Å². The van der Waals surface area contributed by atoms with Crippen LogP contribution in [0.4, 0.5) is 13.2 Å². The zero-order valence-electron chi connectivity index (χ0n) is 9.11. The van der Waals surface area contributed by atoms with Gasteiger partial charge in [0.15, 0.2) is 0 Å². The van der Waals surface area contributed by atoms with Gasteiger partial charge >= 0.3 is 6.18 Å². The summed E-state index contributed by atoms with van der Waals surface area (Å²) in [5.74, 6) is -0.584. The van der Waals surface area contributed by atoms with Crippen molar-refractivity contribution >= 4 is 5.91 Å². The molecule has 0 saturated heterocycles. The maximum absolute atomic E-state index is 12.2. The van der Waals surface area contributed by atoms with E-state index in [1.807, 2.05) is 0 Å². The van der Waals surface area contributed by atoms with Gasteiger partial charge in [-0.3, -0.25) is 4.79 Å². The molecule has 0 aliphatic carbocycles. The molecule has 1 amide bonds. The third-order valence-electron chi connectivity index (χ3n) is 1.98. The van der Waals surface area contributed by atoms with Gasteiger partial charge in [0.05, 0.1) is 6.42 Å². The average Bonchev–Trinajstić information content (AvgIpc) is 1.98. The number of rotatable bonds is 3. The second kappa shape index (κ2) is 4.68. The quantitative estimate of drug-likeness (QED) is 0.732. The molecular formula is C10H16F3NO. The second-order valence-corrected chi connectivity index (χ2v) is 4.45. The van der Waals surface area contributed by atoms with E-state index < -0.39 is 30.0 Å². The minimum atomic E-state index is -4.29. The Kier molecular flexibility index (Phi) is 4.37. The standard InChI is InChI=1S/C10H16F3NO/c1-5-8(15)14-7(9(2,3)4)6-10(11,12)13/h5,7H,1,6H2,2-4H3,(H,14,15). The summed E-state index contributed by atoms with van der Waals surface area (Å²) < 4.78 is 36.6. The van der Waals surface area contributed by atoms with Crippen molar-refractivity contribution in [1.29, 1.82) is 0 Å². The van der Waals surface area contributed by atoms with Crippen molar-refractivity contribution in [2.45, 2.75) is 39.4 Å². The SMILES string of the molecule is C=CC(=O)NC(CC(F)(F)F)C(C)(C)C. The summed E-state index contributed by atoms with van der Waals surface area (Å²) in [6.45, 7) is 8.14. The monoisotopic (exact) mass is 223 g/mol. The van der Waals surface area contributed by atoms with Gasteiger partial charge in [-0.2, -0.15) is 13.2 Å². The van der Waals surface area contributed by atoms with Gasteiger partial charge in [0.1, 0.15) is 0 Å². The van der Waals surface area contributed by atoms with Crippen molar-refractivity contribution < 1.29 is 18.0 Å². The van der Waals surface area contributed by atoms with Crippen molar-refractivity contribution in [3.63, 3.8) is 0 Å². The highest BCUT2D eigenvalue weighted by Crippen LogP contribution is 2.30. The number of halogens is 3. The van der Waals surface area contributed by atoms with E-state index in [4.69, 9.17) is 0 Å². The van der Waals surface area contributed by atoms with Gasteiger partial charge in [-0.25, -0.2) is 0 Å². The van der Waals surface area contributed by atoms with Crippen molar-refractivity contribution in [2.75, 3.05) is 0 Å². The fraction of sp³-hybridized carbons (Fsp3) is 0.700. The van der Waals surface area contributed by atoms with Gasteiger partial charge in [0, 0.05) is 6.04 Å². The Bertz CT molecular complexity index is 240. The molecule has 0 aromatic rings. The largest absolute Gasteiger partial charge is 0.391 e. The molecule has 0 aliphatic heterocycles. The predicted octanol–water partition coefficient (Wildman–Crippen LogP) is 2.66. The third-order valence-corrected chi connectivity index (χ3v) is 1.98. The van der Waals surface area contributed by atoms with Crippen molar-refractivity contribution in [1.82, 2.24) is 5.32 Å². The van der Waals surface area contributed by atoms with E-state index in [1.165, 1.54) is 0 Å². The summed E-state index contributed by atoms with van der Waals surface area (Å²) in [5, 5.41) is 2.29. The average molecular weight is 223 g/mol. The Balaban J connectivity index is 4.61. The molecule has 0 aromatic heterocycles. The lowest BCUT2D eigenvalue weighted by Gasteiger charge is -2.31. The highest BCUT2D eigenvalue weighted by atomic mass is 19.4. The van der Waals surface area contributed by atoms with Gasteiger partial charge < -0.3 is 5.32 Å². The number of carbonyl (C=O) groups is 1. The molecule has 88 valence electrons. The number of hydrogen-bond donors (Lipinski definition) is 1. The molecule has 0 aromatic carbocycles. The summed E-state index contributed by atoms with van der Waals surface area (Å²) in [4.78, 5) is 11.0. The minimum absolute atomic E-state index is 0.584. The van der Waals surface area contributed by atoms with Crippen LogP contribution in [-0.4, -0.2) is 18.1 Å². The number of nitrogens with one attached hydrogen (secondary N) is 1. The van der Waals surface area contributed by atoms with Crippen LogP contribution >= 0.6 is 0 Å². The van der Waals surface area contributed by atoms with Crippen LogP contribution in [0.3, 0.4) is 0 Å². The van der Waals surface area contributed by atoms with Crippen LogP contribution in [0.15, 0.2) is 12.7 Å². The number of amides is 1. The van der Waals surface area contributed by atoms with E-state index >= 15 is 0 Å². The fourth-order valence-electron chi connectivity index (χ4n) is 1.04. The van der Waals surface area contributed by atoms with E-state index in [0.29, 0.717) is 0 Å². The van der Waals surface area contributed by atoms with Crippen LogP contribution in [0.5, 0.6) is 0 Å². The fourth-order valence-corrected chi connectivity index (χ4v) is 1.04. The molecule has 0 heterocycles. The molecule has 5 heteroatoms. The summed E-state index contributed by atoms with van der Waals surface area (Å²) in [5.41, 5.74) is -0.645. The third kappa shape index (κ3) is 6.14. The Labute approximate surface area is 87.5 Å². The molecule has 0 saturated carbocycles. The van der Waals surface area contributed by atoms with E-state index in [1.54, 1.807) is 20.8 Å². The first-order valence-electron chi connectivity index (χ1n) is 4.56. The van der Waals surface area contributed by atoms with E-state index in [-0.39, 0.29) is 0 Å². The molecule has 15 heavy (non-hydrogen) atoms. The highest BCUT2D eigenvalue weighted by molar-refractivity contribution is 5.87. The van der Waals surface area contributed by atoms with Gasteiger partial charge in [-0.05, 0) is 11.5 Å². The topological polar surface area (TPSA) is 29.1 Å². The molecule has 0 radical (unpaired) electrons. The summed E-state index contributed by atoms with van der Waals surface area (Å²) in [6, 6.07) is -0.942. The molecule has 2 nitrogen and oxygen atoms in total. The maximum atomic E-state index is 12.2. The van der Waals surface area contributed by atoms with Gasteiger partial charge in [0.25, 0.3) is 0 Å². The van der Waals surface area contributed by atoms with Crippen LogP contribution in [0.1, 0.15) is 27.2 Å². The first-order chi connectivity index (χ1) is 6.56. The zero-order chi connectivity index (χ0) is 12.3. The molecule has 0 spiro atoms. The van der Waals surface area contributed by atoms with E-state index in [0.717, 1.165) is 6.08 Å². The molecule has 0 aliphatic rings. The summed E-state index contributed by atoms with van der Waals surface area (Å²) >= 11 is 0. The summed E-state index contributed by atoms with van der Waals surface area (Å²) in [6.07, 6.45) is -4.35. The maximum Gasteiger partial charge on any atom is 0.391 e. The van der Waals surface area contributed by atoms with Crippen LogP contribution in [0.2, 0.25) is 0 Å². The van der Waals surface area contributed by atoms with Crippen molar-refractivity contribution in [2.24, 2.45) is 5.41 Å². The van der Waals surface area contributed by atoms with Crippen molar-refractivity contribution in [3.05, 3.63) is 12.7 Å². The molecule has 1 atom stereocenters. The smallest absolute Gasteiger partial charge is 0.349 e. The first-order valence-corrected chi connectivity index (χ1v) is 4.56. The zero-order valence-corrected chi connectivity index (χ0v) is 9.11. The highest BCUT2D eigenvalue weighted by Gasteiger charge is 2.37. The lowest BCUT2D eigenvalue weighted by atomic mass is 9.84. The Morgan fingerprint density at radius 2 is 1.87 bits per heavy atom. The Hall–Kier alpha value is -1.00. The summed E-state index contributed by atoms with van der Waals surface area (Å²) in [7, 11) is 0. The lowest BCUT2D eigenvalue weighted by molar-refractivity contribution is -0.147. The van der Waals surface area contributed by atoms with Crippen LogP contribution in [0, 0.1) is 5.41 Å². The molecular weight excluding hydrogens is 207 g/mol. The number of hydrogen-bond acceptors (Lipinski definition) is 1. The Morgan fingerprint density at radius 1 is 1.40 bits per heavy atom. The normalized spacial score (nSPS) is 14.5. The molecule has 1 N–H and O–H groups in total. The number of carbonyl (C=O) groups excluding carboxylic acids is 1. The van der Waals surface area contributed by atoms with E-state index in [2.05, 4.69) is 11.9 Å². The minimum Gasteiger partial charge on any atom is -0.349 e. The molecule has 0 bridgehead atoms. The molecule has 0 rings (SSSR count). The first kappa shape index (κ1) is 14.0. The van der Waals surface area contributed by atoms with Crippen LogP contribution in [0.25, 0.3) is 0 Å². The van der Waals surface area contributed by atoms with Gasteiger partial charge in [-0.15, -0.1) is 0 Å². The molecule has 1 unspecified atom stereocenters. The van der Waals surface area contributed by atoms with Crippen LogP contribution < -0.4 is 5.32 Å². The number of alkyl halides is 3. The van der Waals surface area contributed by atoms with Crippen molar-refractivity contribution in [3.8, 4) is 0 Å². The van der Waals surface area contributed by atoms with Gasteiger partial charge in [0.2, 0.25) is 5.91 Å². The lowest BCUT2D eigenvalue weighted by Crippen LogP contribution is -2.45. The Morgan fingerprint density at radius 3 is 2.13 bits per heavy atom. The molecule has 0 fully saturated rings. The van der Waals surface area contributed by atoms with Crippen LogP contribution in [-0.2, 0) is 4.79 Å².